The first kappa shape index (κ1) is 14.8. The van der Waals surface area contributed by atoms with Gasteiger partial charge < -0.3 is 4.98 Å². The zero-order valence-corrected chi connectivity index (χ0v) is 12.5. The minimum absolute atomic E-state index is 0.0569. The molecule has 4 nitrogen and oxygen atoms in total. The zero-order chi connectivity index (χ0) is 16.1. The van der Waals surface area contributed by atoms with Crippen LogP contribution in [0.2, 0.25) is 0 Å². The molecule has 0 spiro atoms. The SMILES string of the molecule is CC(C)n1c(=O)[nH]c2c(-c3nc(C(F)(F)F)cs3)cccc21. The summed E-state index contributed by atoms with van der Waals surface area (Å²) >= 11 is 0.905. The first-order valence-corrected chi connectivity index (χ1v) is 7.43. The van der Waals surface area contributed by atoms with Crippen LogP contribution in [0.25, 0.3) is 21.6 Å². The molecule has 1 aromatic carbocycles. The molecule has 0 aliphatic carbocycles. The fourth-order valence-electron chi connectivity index (χ4n) is 2.37. The summed E-state index contributed by atoms with van der Waals surface area (Å²) in [4.78, 5) is 18.4. The Morgan fingerprint density at radius 3 is 2.64 bits per heavy atom. The van der Waals surface area contributed by atoms with Gasteiger partial charge in [0, 0.05) is 17.0 Å². The minimum atomic E-state index is -4.47. The van der Waals surface area contributed by atoms with Crippen LogP contribution in [-0.2, 0) is 6.18 Å². The summed E-state index contributed by atoms with van der Waals surface area (Å²) in [6, 6.07) is 5.06. The van der Waals surface area contributed by atoms with Gasteiger partial charge in [0.05, 0.1) is 11.0 Å². The van der Waals surface area contributed by atoms with E-state index >= 15 is 0 Å². The van der Waals surface area contributed by atoms with E-state index in [1.807, 2.05) is 13.8 Å². The number of thiazole rings is 1. The van der Waals surface area contributed by atoms with Gasteiger partial charge in [0.15, 0.2) is 5.69 Å². The van der Waals surface area contributed by atoms with Crippen LogP contribution in [-0.4, -0.2) is 14.5 Å². The van der Waals surface area contributed by atoms with Crippen LogP contribution in [0.15, 0.2) is 28.4 Å². The Labute approximate surface area is 127 Å². The first-order chi connectivity index (χ1) is 10.3. The number of fused-ring (bicyclic) bond motifs is 1. The number of nitrogens with one attached hydrogen (secondary N) is 1. The monoisotopic (exact) mass is 327 g/mol. The van der Waals surface area contributed by atoms with Crippen LogP contribution in [0.3, 0.4) is 0 Å². The average molecular weight is 327 g/mol. The fourth-order valence-corrected chi connectivity index (χ4v) is 3.23. The highest BCUT2D eigenvalue weighted by Gasteiger charge is 2.34. The van der Waals surface area contributed by atoms with Gasteiger partial charge in [-0.05, 0) is 26.0 Å². The summed E-state index contributed by atoms with van der Waals surface area (Å²) in [5, 5.41) is 1.21. The lowest BCUT2D eigenvalue weighted by atomic mass is 10.2. The Bertz CT molecular complexity index is 889. The highest BCUT2D eigenvalue weighted by Crippen LogP contribution is 2.35. The molecule has 0 atom stereocenters. The molecule has 0 unspecified atom stereocenters. The number of benzene rings is 1. The number of H-pyrrole nitrogens is 1. The van der Waals surface area contributed by atoms with Gasteiger partial charge in [0.1, 0.15) is 5.01 Å². The van der Waals surface area contributed by atoms with Crippen molar-refractivity contribution in [2.45, 2.75) is 26.1 Å². The van der Waals surface area contributed by atoms with E-state index in [1.54, 1.807) is 22.8 Å². The molecule has 0 saturated carbocycles. The van der Waals surface area contributed by atoms with Gasteiger partial charge in [0.2, 0.25) is 0 Å². The van der Waals surface area contributed by atoms with Gasteiger partial charge >= 0.3 is 11.9 Å². The van der Waals surface area contributed by atoms with Crippen molar-refractivity contribution in [3.05, 3.63) is 39.8 Å². The molecule has 0 saturated heterocycles. The van der Waals surface area contributed by atoms with Crippen LogP contribution in [0.4, 0.5) is 13.2 Å². The maximum absolute atomic E-state index is 12.7. The van der Waals surface area contributed by atoms with Crippen molar-refractivity contribution in [1.29, 1.82) is 0 Å². The molecular formula is C14H12F3N3OS. The van der Waals surface area contributed by atoms with Gasteiger partial charge in [-0.25, -0.2) is 9.78 Å². The quantitative estimate of drug-likeness (QED) is 0.772. The standard InChI is InChI=1S/C14H12F3N3OS/c1-7(2)20-9-5-3-4-8(11(9)19-13(20)21)12-18-10(6-22-12)14(15,16)17/h3-7H,1-2H3,(H,19,21). The van der Waals surface area contributed by atoms with Crippen molar-refractivity contribution < 1.29 is 13.2 Å². The average Bonchev–Trinajstić information content (AvgIpc) is 3.00. The van der Waals surface area contributed by atoms with Crippen molar-refractivity contribution in [1.82, 2.24) is 14.5 Å². The Hall–Kier alpha value is -2.09. The van der Waals surface area contributed by atoms with Crippen molar-refractivity contribution in [3.8, 4) is 10.6 Å². The number of hydrogen-bond acceptors (Lipinski definition) is 3. The predicted octanol–water partition coefficient (Wildman–Crippen LogP) is 4.05. The number of hydrogen-bond donors (Lipinski definition) is 1. The van der Waals surface area contributed by atoms with Gasteiger partial charge in [-0.2, -0.15) is 13.2 Å². The second kappa shape index (κ2) is 4.98. The lowest BCUT2D eigenvalue weighted by Crippen LogP contribution is -2.18. The van der Waals surface area contributed by atoms with Crippen molar-refractivity contribution in [2.75, 3.05) is 0 Å². The van der Waals surface area contributed by atoms with Gasteiger partial charge in [-0.3, -0.25) is 4.57 Å². The maximum Gasteiger partial charge on any atom is 0.434 e. The molecule has 0 aliphatic rings. The molecule has 0 fully saturated rings. The molecule has 0 aliphatic heterocycles. The maximum atomic E-state index is 12.7. The number of halogens is 3. The molecule has 2 aromatic heterocycles. The third kappa shape index (κ3) is 2.33. The first-order valence-electron chi connectivity index (χ1n) is 6.55. The van der Waals surface area contributed by atoms with E-state index in [0.717, 1.165) is 16.7 Å². The summed E-state index contributed by atoms with van der Waals surface area (Å²) in [5.74, 6) is 0. The number of imidazole rings is 1. The molecule has 0 radical (unpaired) electrons. The van der Waals surface area contributed by atoms with Gasteiger partial charge in [-0.1, -0.05) is 6.07 Å². The van der Waals surface area contributed by atoms with E-state index < -0.39 is 11.9 Å². The van der Waals surface area contributed by atoms with Crippen LogP contribution in [0.5, 0.6) is 0 Å². The molecule has 3 aromatic rings. The van der Waals surface area contributed by atoms with Crippen molar-refractivity contribution >= 4 is 22.4 Å². The molecule has 2 heterocycles. The topological polar surface area (TPSA) is 50.7 Å². The molecule has 0 bridgehead atoms. The highest BCUT2D eigenvalue weighted by molar-refractivity contribution is 7.13. The molecule has 116 valence electrons. The predicted molar refractivity (Wildman–Crippen MR) is 79.1 cm³/mol. The van der Waals surface area contributed by atoms with Crippen LogP contribution >= 0.6 is 11.3 Å². The molecule has 3 rings (SSSR count). The third-order valence-corrected chi connectivity index (χ3v) is 4.17. The number of para-hydroxylation sites is 1. The zero-order valence-electron chi connectivity index (χ0n) is 11.7. The van der Waals surface area contributed by atoms with Crippen LogP contribution < -0.4 is 5.69 Å². The number of rotatable bonds is 2. The Balaban J connectivity index is 2.22. The van der Waals surface area contributed by atoms with E-state index in [0.29, 0.717) is 16.6 Å². The summed E-state index contributed by atoms with van der Waals surface area (Å²) < 4.78 is 39.6. The molecular weight excluding hydrogens is 315 g/mol. The second-order valence-electron chi connectivity index (χ2n) is 5.13. The Kier molecular flexibility index (Phi) is 3.36. The Morgan fingerprint density at radius 2 is 2.05 bits per heavy atom. The highest BCUT2D eigenvalue weighted by atomic mass is 32.1. The van der Waals surface area contributed by atoms with Crippen LogP contribution in [0, 0.1) is 0 Å². The van der Waals surface area contributed by atoms with E-state index in [4.69, 9.17) is 0 Å². The van der Waals surface area contributed by atoms with Crippen molar-refractivity contribution in [3.63, 3.8) is 0 Å². The number of aromatic nitrogens is 3. The third-order valence-electron chi connectivity index (χ3n) is 3.29. The van der Waals surface area contributed by atoms with Crippen molar-refractivity contribution in [2.24, 2.45) is 0 Å². The smallest absolute Gasteiger partial charge is 0.305 e. The number of nitrogens with zero attached hydrogens (tertiary/aromatic N) is 2. The minimum Gasteiger partial charge on any atom is -0.305 e. The van der Waals surface area contributed by atoms with Gasteiger partial charge in [0.25, 0.3) is 0 Å². The van der Waals surface area contributed by atoms with Crippen LogP contribution in [0.1, 0.15) is 25.6 Å². The molecule has 1 N–H and O–H groups in total. The summed E-state index contributed by atoms with van der Waals surface area (Å²) in [6.45, 7) is 3.74. The molecule has 0 amide bonds. The summed E-state index contributed by atoms with van der Waals surface area (Å²) in [7, 11) is 0. The summed E-state index contributed by atoms with van der Waals surface area (Å²) in [6.07, 6.45) is -4.47. The van der Waals surface area contributed by atoms with E-state index in [1.165, 1.54) is 0 Å². The van der Waals surface area contributed by atoms with E-state index in [-0.39, 0.29) is 16.7 Å². The summed E-state index contributed by atoms with van der Waals surface area (Å²) in [5.41, 5.74) is 0.445. The van der Waals surface area contributed by atoms with E-state index in [2.05, 4.69) is 9.97 Å². The molecule has 8 heteroatoms. The number of aromatic amines is 1. The fraction of sp³-hybridized carbons (Fsp3) is 0.286. The lowest BCUT2D eigenvalue weighted by molar-refractivity contribution is -0.140. The largest absolute Gasteiger partial charge is 0.434 e. The molecule has 22 heavy (non-hydrogen) atoms. The second-order valence-corrected chi connectivity index (χ2v) is 5.99. The van der Waals surface area contributed by atoms with Gasteiger partial charge in [-0.15, -0.1) is 11.3 Å². The lowest BCUT2D eigenvalue weighted by Gasteiger charge is -2.07. The Morgan fingerprint density at radius 1 is 1.32 bits per heavy atom. The normalized spacial score (nSPS) is 12.5. The van der Waals surface area contributed by atoms with E-state index in [9.17, 15) is 18.0 Å². The number of alkyl halides is 3.